The van der Waals surface area contributed by atoms with Gasteiger partial charge in [0.2, 0.25) is 5.91 Å². The molecule has 0 atom stereocenters. The van der Waals surface area contributed by atoms with Gasteiger partial charge in [0.1, 0.15) is 0 Å². The average molecular weight is 438 g/mol. The molecule has 0 aliphatic carbocycles. The lowest BCUT2D eigenvalue weighted by Crippen LogP contribution is -2.27. The van der Waals surface area contributed by atoms with E-state index in [0.717, 1.165) is 5.56 Å². The summed E-state index contributed by atoms with van der Waals surface area (Å²) in [6.45, 7) is 3.23. The summed E-state index contributed by atoms with van der Waals surface area (Å²) in [5.41, 5.74) is 2.60. The first-order valence-electron chi connectivity index (χ1n) is 9.52. The van der Waals surface area contributed by atoms with Crippen molar-refractivity contribution in [2.75, 3.05) is 22.0 Å². The van der Waals surface area contributed by atoms with Crippen LogP contribution in [0.5, 0.6) is 0 Å². The fraction of sp³-hybridized carbons (Fsp3) is 0.130. The lowest BCUT2D eigenvalue weighted by atomic mass is 10.2. The van der Waals surface area contributed by atoms with Gasteiger partial charge in [-0.2, -0.15) is 0 Å². The Balaban J connectivity index is 1.85. The second-order valence-corrected chi connectivity index (χ2v) is 8.97. The first kappa shape index (κ1) is 22.0. The topological polar surface area (TPSA) is 95.6 Å². The third-order valence-electron chi connectivity index (χ3n) is 4.65. The number of nitrogens with one attached hydrogen (secondary N) is 2. The van der Waals surface area contributed by atoms with Gasteiger partial charge in [0, 0.05) is 30.9 Å². The van der Waals surface area contributed by atoms with Crippen LogP contribution in [-0.4, -0.2) is 27.3 Å². The van der Waals surface area contributed by atoms with Crippen LogP contribution in [0.1, 0.15) is 22.8 Å². The van der Waals surface area contributed by atoms with E-state index in [0.29, 0.717) is 17.1 Å². The number of hydrogen-bond donors (Lipinski definition) is 2. The standard InChI is InChI=1S/C23H23N3O4S/c1-16-8-4-5-13-22(16)26(3)31(29,30)21-12-6-9-18(14-21)23(28)25-20-11-7-10-19(15-20)24-17(2)27/h4-15H,1-3H3,(H,24,27)(H,25,28). The molecular weight excluding hydrogens is 414 g/mol. The van der Waals surface area contributed by atoms with Crippen molar-refractivity contribution < 1.29 is 18.0 Å². The van der Waals surface area contributed by atoms with Crippen LogP contribution in [0.4, 0.5) is 17.1 Å². The number of para-hydroxylation sites is 1. The maximum absolute atomic E-state index is 13.1. The fourth-order valence-electron chi connectivity index (χ4n) is 3.08. The first-order chi connectivity index (χ1) is 14.7. The summed E-state index contributed by atoms with van der Waals surface area (Å²) >= 11 is 0. The van der Waals surface area contributed by atoms with Crippen LogP contribution in [0.3, 0.4) is 0 Å². The van der Waals surface area contributed by atoms with Crippen molar-refractivity contribution in [2.24, 2.45) is 0 Å². The Morgan fingerprint density at radius 3 is 2.16 bits per heavy atom. The first-order valence-corrected chi connectivity index (χ1v) is 11.0. The van der Waals surface area contributed by atoms with E-state index < -0.39 is 15.9 Å². The zero-order chi connectivity index (χ0) is 22.6. The van der Waals surface area contributed by atoms with E-state index in [1.54, 1.807) is 42.5 Å². The molecule has 0 bridgehead atoms. The van der Waals surface area contributed by atoms with Crippen LogP contribution in [0, 0.1) is 6.92 Å². The Morgan fingerprint density at radius 1 is 0.839 bits per heavy atom. The van der Waals surface area contributed by atoms with E-state index >= 15 is 0 Å². The van der Waals surface area contributed by atoms with Crippen LogP contribution in [0.2, 0.25) is 0 Å². The number of anilines is 3. The van der Waals surface area contributed by atoms with Gasteiger partial charge in [-0.3, -0.25) is 13.9 Å². The average Bonchev–Trinajstić information content (AvgIpc) is 2.73. The van der Waals surface area contributed by atoms with Crippen LogP contribution in [0.25, 0.3) is 0 Å². The number of benzene rings is 3. The molecule has 0 saturated heterocycles. The second-order valence-electron chi connectivity index (χ2n) is 7.00. The molecule has 0 saturated carbocycles. The van der Waals surface area contributed by atoms with Gasteiger partial charge in [-0.1, -0.05) is 30.3 Å². The van der Waals surface area contributed by atoms with Gasteiger partial charge in [-0.15, -0.1) is 0 Å². The molecular formula is C23H23N3O4S. The predicted octanol–water partition coefficient (Wildman–Crippen LogP) is 4.03. The molecule has 7 nitrogen and oxygen atoms in total. The summed E-state index contributed by atoms with van der Waals surface area (Å²) < 4.78 is 27.4. The van der Waals surface area contributed by atoms with Gasteiger partial charge in [0.05, 0.1) is 10.6 Å². The predicted molar refractivity (Wildman–Crippen MR) is 122 cm³/mol. The number of carbonyl (C=O) groups is 2. The number of rotatable bonds is 6. The third kappa shape index (κ3) is 5.10. The van der Waals surface area contributed by atoms with Crippen LogP contribution in [-0.2, 0) is 14.8 Å². The van der Waals surface area contributed by atoms with Crippen molar-refractivity contribution in [3.8, 4) is 0 Å². The number of sulfonamides is 1. The summed E-state index contributed by atoms with van der Waals surface area (Å²) in [5.74, 6) is -0.685. The highest BCUT2D eigenvalue weighted by molar-refractivity contribution is 7.92. The van der Waals surface area contributed by atoms with E-state index in [1.807, 2.05) is 19.1 Å². The molecule has 0 aliphatic heterocycles. The van der Waals surface area contributed by atoms with E-state index in [4.69, 9.17) is 0 Å². The number of aryl methyl sites for hydroxylation is 1. The van der Waals surface area contributed by atoms with Gasteiger partial charge in [0.25, 0.3) is 15.9 Å². The minimum atomic E-state index is -3.86. The zero-order valence-electron chi connectivity index (χ0n) is 17.4. The normalized spacial score (nSPS) is 10.9. The lowest BCUT2D eigenvalue weighted by Gasteiger charge is -2.21. The van der Waals surface area contributed by atoms with Gasteiger partial charge in [0.15, 0.2) is 0 Å². The van der Waals surface area contributed by atoms with Crippen molar-refractivity contribution in [3.05, 3.63) is 83.9 Å². The highest BCUT2D eigenvalue weighted by atomic mass is 32.2. The molecule has 0 radical (unpaired) electrons. The quantitative estimate of drug-likeness (QED) is 0.609. The zero-order valence-corrected chi connectivity index (χ0v) is 18.2. The Morgan fingerprint density at radius 2 is 1.48 bits per heavy atom. The Labute approximate surface area is 181 Å². The van der Waals surface area contributed by atoms with Gasteiger partial charge in [-0.25, -0.2) is 8.42 Å². The Bertz CT molecular complexity index is 1240. The highest BCUT2D eigenvalue weighted by Crippen LogP contribution is 2.25. The van der Waals surface area contributed by atoms with Crippen molar-refractivity contribution in [3.63, 3.8) is 0 Å². The smallest absolute Gasteiger partial charge is 0.264 e. The summed E-state index contributed by atoms with van der Waals surface area (Å²) in [6.07, 6.45) is 0. The molecule has 0 aromatic heterocycles. The minimum absolute atomic E-state index is 0.0119. The van der Waals surface area contributed by atoms with Gasteiger partial charge >= 0.3 is 0 Å². The summed E-state index contributed by atoms with van der Waals surface area (Å²) in [4.78, 5) is 23.9. The molecule has 0 fully saturated rings. The number of hydrogen-bond acceptors (Lipinski definition) is 4. The Hall–Kier alpha value is -3.65. The van der Waals surface area contributed by atoms with Crippen molar-refractivity contribution in [2.45, 2.75) is 18.7 Å². The molecule has 0 aliphatic rings. The van der Waals surface area contributed by atoms with Crippen molar-refractivity contribution >= 4 is 38.9 Å². The van der Waals surface area contributed by atoms with E-state index in [2.05, 4.69) is 10.6 Å². The molecule has 2 amide bonds. The van der Waals surface area contributed by atoms with E-state index in [-0.39, 0.29) is 16.4 Å². The molecule has 8 heteroatoms. The molecule has 0 heterocycles. The molecule has 0 spiro atoms. The van der Waals surface area contributed by atoms with Crippen LogP contribution in [0.15, 0.2) is 77.7 Å². The molecule has 3 aromatic carbocycles. The summed E-state index contributed by atoms with van der Waals surface area (Å²) in [7, 11) is -2.37. The molecule has 31 heavy (non-hydrogen) atoms. The van der Waals surface area contributed by atoms with Gasteiger partial charge < -0.3 is 10.6 Å². The number of carbonyl (C=O) groups excluding carboxylic acids is 2. The summed E-state index contributed by atoms with van der Waals surface area (Å²) in [5, 5.41) is 5.37. The Kier molecular flexibility index (Phi) is 6.41. The molecule has 3 rings (SSSR count). The molecule has 160 valence electrons. The van der Waals surface area contributed by atoms with Crippen molar-refractivity contribution in [1.82, 2.24) is 0 Å². The maximum atomic E-state index is 13.1. The van der Waals surface area contributed by atoms with Crippen LogP contribution < -0.4 is 14.9 Å². The van der Waals surface area contributed by atoms with Gasteiger partial charge in [-0.05, 0) is 55.0 Å². The maximum Gasteiger partial charge on any atom is 0.264 e. The molecule has 2 N–H and O–H groups in total. The third-order valence-corrected chi connectivity index (χ3v) is 6.42. The molecule has 3 aromatic rings. The molecule has 0 unspecified atom stereocenters. The second kappa shape index (κ2) is 9.01. The van der Waals surface area contributed by atoms with Crippen molar-refractivity contribution in [1.29, 1.82) is 0 Å². The number of nitrogens with zero attached hydrogens (tertiary/aromatic N) is 1. The highest BCUT2D eigenvalue weighted by Gasteiger charge is 2.23. The number of amides is 2. The van der Waals surface area contributed by atoms with E-state index in [1.165, 1.54) is 36.5 Å². The van der Waals surface area contributed by atoms with Crippen LogP contribution >= 0.6 is 0 Å². The van der Waals surface area contributed by atoms with E-state index in [9.17, 15) is 18.0 Å². The lowest BCUT2D eigenvalue weighted by molar-refractivity contribution is -0.114. The fourth-order valence-corrected chi connectivity index (χ4v) is 4.39. The monoisotopic (exact) mass is 437 g/mol. The largest absolute Gasteiger partial charge is 0.326 e. The minimum Gasteiger partial charge on any atom is -0.326 e. The summed E-state index contributed by atoms with van der Waals surface area (Å²) in [6, 6.07) is 19.7. The SMILES string of the molecule is CC(=O)Nc1cccc(NC(=O)c2cccc(S(=O)(=O)N(C)c3ccccc3C)c2)c1.